The maximum Gasteiger partial charge on any atom is 0.0645 e. The van der Waals surface area contributed by atoms with E-state index in [0.29, 0.717) is 6.04 Å². The molecule has 2 nitrogen and oxygen atoms in total. The molecule has 1 saturated heterocycles. The molecule has 0 aromatic rings. The van der Waals surface area contributed by atoms with Gasteiger partial charge in [-0.15, -0.1) is 0 Å². The Balaban J connectivity index is 2.59. The first kappa shape index (κ1) is 10.0. The summed E-state index contributed by atoms with van der Waals surface area (Å²) in [5, 5.41) is 0. The number of hydrogen-bond acceptors (Lipinski definition) is 2. The number of nitrogens with zero attached hydrogens (tertiary/aromatic N) is 1. The first-order valence-electron chi connectivity index (χ1n) is 4.92. The Hall–Kier alpha value is -0.0800. The van der Waals surface area contributed by atoms with Crippen LogP contribution in [0, 0.1) is 0 Å². The Bertz CT molecular complexity index is 145. The summed E-state index contributed by atoms with van der Waals surface area (Å²) in [7, 11) is 0. The van der Waals surface area contributed by atoms with Crippen molar-refractivity contribution in [1.29, 1.82) is 0 Å². The van der Waals surface area contributed by atoms with Crippen molar-refractivity contribution in [2.45, 2.75) is 45.7 Å². The number of hydrogen-bond donors (Lipinski definition) is 0. The maximum atomic E-state index is 5.47. The lowest BCUT2D eigenvalue weighted by Crippen LogP contribution is -2.56. The molecular formula is C10H21NO. The van der Waals surface area contributed by atoms with Gasteiger partial charge in [-0.05, 0) is 27.2 Å². The largest absolute Gasteiger partial charge is 0.378 e. The van der Waals surface area contributed by atoms with Crippen molar-refractivity contribution in [2.24, 2.45) is 0 Å². The zero-order valence-electron chi connectivity index (χ0n) is 8.76. The third-order valence-corrected chi connectivity index (χ3v) is 2.83. The highest BCUT2D eigenvalue weighted by Gasteiger charge is 2.32. The molecule has 1 heterocycles. The molecule has 12 heavy (non-hydrogen) atoms. The molecule has 0 saturated carbocycles. The van der Waals surface area contributed by atoms with E-state index in [0.717, 1.165) is 19.8 Å². The summed E-state index contributed by atoms with van der Waals surface area (Å²) >= 11 is 0. The van der Waals surface area contributed by atoms with Crippen LogP contribution in [0.1, 0.15) is 34.1 Å². The van der Waals surface area contributed by atoms with Crippen molar-refractivity contribution in [2.75, 3.05) is 19.8 Å². The topological polar surface area (TPSA) is 12.5 Å². The van der Waals surface area contributed by atoms with E-state index in [4.69, 9.17) is 4.74 Å². The van der Waals surface area contributed by atoms with Gasteiger partial charge < -0.3 is 4.74 Å². The molecule has 0 amide bonds. The van der Waals surface area contributed by atoms with Gasteiger partial charge in [0.05, 0.1) is 13.2 Å². The number of ether oxygens (including phenoxy) is 1. The Kier molecular flexibility index (Phi) is 3.13. The summed E-state index contributed by atoms with van der Waals surface area (Å²) in [6, 6.07) is 0.684. The average molecular weight is 171 g/mol. The fourth-order valence-electron chi connectivity index (χ4n) is 1.91. The van der Waals surface area contributed by atoms with E-state index in [1.165, 1.54) is 6.42 Å². The second-order valence-electron chi connectivity index (χ2n) is 4.32. The van der Waals surface area contributed by atoms with Crippen LogP contribution in [0.25, 0.3) is 0 Å². The van der Waals surface area contributed by atoms with E-state index in [2.05, 4.69) is 32.6 Å². The lowest BCUT2D eigenvalue weighted by Gasteiger charge is -2.45. The lowest BCUT2D eigenvalue weighted by atomic mass is 9.99. The SMILES string of the molecule is CCC(C)N1CCOCC1(C)C. The quantitative estimate of drug-likeness (QED) is 0.629. The van der Waals surface area contributed by atoms with Gasteiger partial charge in [0.2, 0.25) is 0 Å². The molecule has 0 spiro atoms. The highest BCUT2D eigenvalue weighted by Crippen LogP contribution is 2.22. The first-order valence-corrected chi connectivity index (χ1v) is 4.92. The molecule has 1 atom stereocenters. The summed E-state index contributed by atoms with van der Waals surface area (Å²) in [4.78, 5) is 2.55. The normalized spacial score (nSPS) is 27.0. The van der Waals surface area contributed by atoms with Gasteiger partial charge in [-0.25, -0.2) is 0 Å². The first-order chi connectivity index (χ1) is 5.58. The van der Waals surface area contributed by atoms with Crippen molar-refractivity contribution >= 4 is 0 Å². The Labute approximate surface area is 75.9 Å². The molecule has 2 heteroatoms. The van der Waals surface area contributed by atoms with Gasteiger partial charge in [-0.2, -0.15) is 0 Å². The van der Waals surface area contributed by atoms with Gasteiger partial charge in [0, 0.05) is 18.1 Å². The van der Waals surface area contributed by atoms with E-state index in [1.807, 2.05) is 0 Å². The Morgan fingerprint density at radius 2 is 2.17 bits per heavy atom. The van der Waals surface area contributed by atoms with Crippen LogP contribution in [0.15, 0.2) is 0 Å². The highest BCUT2D eigenvalue weighted by molar-refractivity contribution is 4.87. The molecule has 0 aliphatic carbocycles. The Morgan fingerprint density at radius 1 is 1.50 bits per heavy atom. The maximum absolute atomic E-state index is 5.47. The average Bonchev–Trinajstić information content (AvgIpc) is 2.02. The van der Waals surface area contributed by atoms with Crippen LogP contribution >= 0.6 is 0 Å². The van der Waals surface area contributed by atoms with Crippen molar-refractivity contribution < 1.29 is 4.74 Å². The van der Waals surface area contributed by atoms with Gasteiger partial charge in [-0.3, -0.25) is 4.90 Å². The van der Waals surface area contributed by atoms with Crippen LogP contribution in [0.4, 0.5) is 0 Å². The van der Waals surface area contributed by atoms with Crippen LogP contribution in [0.3, 0.4) is 0 Å². The molecule has 1 fully saturated rings. The van der Waals surface area contributed by atoms with Crippen molar-refractivity contribution in [1.82, 2.24) is 4.90 Å². The smallest absolute Gasteiger partial charge is 0.0645 e. The van der Waals surface area contributed by atoms with Crippen LogP contribution in [-0.2, 0) is 4.74 Å². The van der Waals surface area contributed by atoms with Gasteiger partial charge in [0.1, 0.15) is 0 Å². The minimum Gasteiger partial charge on any atom is -0.378 e. The predicted molar refractivity (Wildman–Crippen MR) is 51.4 cm³/mol. The zero-order chi connectivity index (χ0) is 9.19. The fraction of sp³-hybridized carbons (Fsp3) is 1.00. The summed E-state index contributed by atoms with van der Waals surface area (Å²) in [6.45, 7) is 11.9. The van der Waals surface area contributed by atoms with Gasteiger partial charge >= 0.3 is 0 Å². The molecule has 0 bridgehead atoms. The molecule has 0 aromatic carbocycles. The van der Waals surface area contributed by atoms with Crippen molar-refractivity contribution in [3.05, 3.63) is 0 Å². The molecule has 72 valence electrons. The summed E-state index contributed by atoms with van der Waals surface area (Å²) < 4.78 is 5.47. The van der Waals surface area contributed by atoms with Crippen molar-refractivity contribution in [3.63, 3.8) is 0 Å². The third-order valence-electron chi connectivity index (χ3n) is 2.83. The van der Waals surface area contributed by atoms with E-state index >= 15 is 0 Å². The molecule has 1 aliphatic rings. The fourth-order valence-corrected chi connectivity index (χ4v) is 1.91. The van der Waals surface area contributed by atoms with Crippen LogP contribution in [0.5, 0.6) is 0 Å². The van der Waals surface area contributed by atoms with Crippen LogP contribution in [0.2, 0.25) is 0 Å². The van der Waals surface area contributed by atoms with E-state index in [9.17, 15) is 0 Å². The van der Waals surface area contributed by atoms with Gasteiger partial charge in [0.25, 0.3) is 0 Å². The predicted octanol–water partition coefficient (Wildman–Crippen LogP) is 1.90. The minimum absolute atomic E-state index is 0.230. The molecular weight excluding hydrogens is 150 g/mol. The summed E-state index contributed by atoms with van der Waals surface area (Å²) in [5.41, 5.74) is 0.230. The lowest BCUT2D eigenvalue weighted by molar-refractivity contribution is -0.0691. The molecule has 0 radical (unpaired) electrons. The number of rotatable bonds is 2. The summed E-state index contributed by atoms with van der Waals surface area (Å²) in [5.74, 6) is 0. The molecule has 1 rings (SSSR count). The van der Waals surface area contributed by atoms with E-state index < -0.39 is 0 Å². The van der Waals surface area contributed by atoms with Crippen LogP contribution < -0.4 is 0 Å². The van der Waals surface area contributed by atoms with Gasteiger partial charge in [-0.1, -0.05) is 6.92 Å². The molecule has 0 N–H and O–H groups in total. The van der Waals surface area contributed by atoms with Crippen molar-refractivity contribution in [3.8, 4) is 0 Å². The highest BCUT2D eigenvalue weighted by atomic mass is 16.5. The van der Waals surface area contributed by atoms with Gasteiger partial charge in [0.15, 0.2) is 0 Å². The second kappa shape index (κ2) is 3.75. The van der Waals surface area contributed by atoms with Crippen LogP contribution in [-0.4, -0.2) is 36.2 Å². The number of morpholine rings is 1. The van der Waals surface area contributed by atoms with E-state index in [1.54, 1.807) is 0 Å². The molecule has 1 unspecified atom stereocenters. The second-order valence-corrected chi connectivity index (χ2v) is 4.32. The van der Waals surface area contributed by atoms with E-state index in [-0.39, 0.29) is 5.54 Å². The monoisotopic (exact) mass is 171 g/mol. The summed E-state index contributed by atoms with van der Waals surface area (Å²) in [6.07, 6.45) is 1.23. The minimum atomic E-state index is 0.230. The Morgan fingerprint density at radius 3 is 2.67 bits per heavy atom. The standard InChI is InChI=1S/C10H21NO/c1-5-9(2)11-6-7-12-8-10(11,3)4/h9H,5-8H2,1-4H3. The zero-order valence-corrected chi connectivity index (χ0v) is 8.76. The third kappa shape index (κ3) is 1.99. The molecule has 1 aliphatic heterocycles. The molecule has 0 aromatic heterocycles.